The largest absolute Gasteiger partial charge is 0.463 e. The van der Waals surface area contributed by atoms with E-state index in [0.717, 1.165) is 0 Å². The quantitative estimate of drug-likeness (QED) is 0.475. The molecular weight excluding hydrogens is 388 g/mol. The van der Waals surface area contributed by atoms with Gasteiger partial charge in [-0.2, -0.15) is 0 Å². The van der Waals surface area contributed by atoms with Gasteiger partial charge in [-0.15, -0.1) is 5.10 Å². The minimum absolute atomic E-state index is 0.276. The van der Waals surface area contributed by atoms with Gasteiger partial charge in [-0.3, -0.25) is 19.2 Å². The highest BCUT2D eigenvalue weighted by atomic mass is 16.6. The van der Waals surface area contributed by atoms with E-state index in [4.69, 9.17) is 18.9 Å². The Morgan fingerprint density at radius 2 is 1.69 bits per heavy atom. The van der Waals surface area contributed by atoms with E-state index in [0.29, 0.717) is 5.69 Å². The fraction of sp³-hybridized carbons (Fsp3) is 0.647. The van der Waals surface area contributed by atoms with Crippen molar-refractivity contribution in [3.05, 3.63) is 11.9 Å². The average molecular weight is 412 g/mol. The first-order chi connectivity index (χ1) is 13.6. The van der Waals surface area contributed by atoms with Crippen LogP contribution in [0.4, 0.5) is 0 Å². The fourth-order valence-electron chi connectivity index (χ4n) is 3.02. The van der Waals surface area contributed by atoms with Crippen LogP contribution in [-0.4, -0.2) is 69.8 Å². The van der Waals surface area contributed by atoms with Gasteiger partial charge in [-0.05, 0) is 6.92 Å². The Morgan fingerprint density at radius 1 is 1.07 bits per heavy atom. The van der Waals surface area contributed by atoms with Crippen molar-refractivity contribution in [2.24, 2.45) is 0 Å². The zero-order valence-corrected chi connectivity index (χ0v) is 16.8. The van der Waals surface area contributed by atoms with Crippen LogP contribution < -0.4 is 5.32 Å². The van der Waals surface area contributed by atoms with Crippen LogP contribution in [-0.2, 0) is 38.1 Å². The number of hydrogen-bond acceptors (Lipinski definition) is 10. The number of amides is 1. The Bertz CT molecular complexity index is 779. The summed E-state index contributed by atoms with van der Waals surface area (Å²) in [6, 6.07) is -0.963. The molecule has 160 valence electrons. The van der Waals surface area contributed by atoms with Gasteiger partial charge in [0.05, 0.1) is 11.9 Å². The maximum atomic E-state index is 11.8. The van der Waals surface area contributed by atoms with Gasteiger partial charge in [0.2, 0.25) is 5.91 Å². The first-order valence-corrected chi connectivity index (χ1v) is 8.87. The van der Waals surface area contributed by atoms with E-state index in [1.54, 1.807) is 13.1 Å². The number of aryl methyl sites for hydroxylation is 1. The standard InChI is InChI=1S/C17H24N4O8/c1-8-6-21(20-19-8)17-14(18-9(2)22)16(28-12(5)25)15(27-11(4)24)13(29-17)7-26-10(3)23/h6,13-17H,7H2,1-5H3,(H,18,22). The number of carbonyl (C=O) groups excluding carboxylic acids is 4. The summed E-state index contributed by atoms with van der Waals surface area (Å²) in [4.78, 5) is 46.5. The lowest BCUT2D eigenvalue weighted by molar-refractivity contribution is -0.239. The van der Waals surface area contributed by atoms with Gasteiger partial charge in [0, 0.05) is 27.7 Å². The summed E-state index contributed by atoms with van der Waals surface area (Å²) >= 11 is 0. The normalized spacial score (nSPS) is 26.3. The van der Waals surface area contributed by atoms with E-state index in [2.05, 4.69) is 15.6 Å². The van der Waals surface area contributed by atoms with Crippen LogP contribution in [0.25, 0.3) is 0 Å². The van der Waals surface area contributed by atoms with Crippen molar-refractivity contribution in [3.8, 4) is 0 Å². The number of hydrogen-bond donors (Lipinski definition) is 1. The van der Waals surface area contributed by atoms with Crippen molar-refractivity contribution in [3.63, 3.8) is 0 Å². The number of ether oxygens (including phenoxy) is 4. The van der Waals surface area contributed by atoms with Gasteiger partial charge < -0.3 is 24.3 Å². The molecule has 1 saturated heterocycles. The molecule has 1 aliphatic rings. The first kappa shape index (κ1) is 22.3. The smallest absolute Gasteiger partial charge is 0.303 e. The van der Waals surface area contributed by atoms with Crippen LogP contribution >= 0.6 is 0 Å². The zero-order chi connectivity index (χ0) is 21.7. The number of nitrogens with one attached hydrogen (secondary N) is 1. The Morgan fingerprint density at radius 3 is 2.17 bits per heavy atom. The summed E-state index contributed by atoms with van der Waals surface area (Å²) in [6.07, 6.45) is -2.68. The summed E-state index contributed by atoms with van der Waals surface area (Å²) in [7, 11) is 0. The third-order valence-electron chi connectivity index (χ3n) is 3.98. The van der Waals surface area contributed by atoms with E-state index in [-0.39, 0.29) is 6.61 Å². The Hall–Kier alpha value is -3.02. The van der Waals surface area contributed by atoms with Crippen molar-refractivity contribution >= 4 is 23.8 Å². The highest BCUT2D eigenvalue weighted by molar-refractivity contribution is 5.73. The third-order valence-corrected chi connectivity index (χ3v) is 3.98. The Labute approximate surface area is 166 Å². The van der Waals surface area contributed by atoms with Gasteiger partial charge in [0.1, 0.15) is 18.8 Å². The fourth-order valence-corrected chi connectivity index (χ4v) is 3.02. The molecule has 12 nitrogen and oxygen atoms in total. The molecule has 1 amide bonds. The van der Waals surface area contributed by atoms with Crippen molar-refractivity contribution in [1.29, 1.82) is 0 Å². The van der Waals surface area contributed by atoms with Crippen LogP contribution in [0.5, 0.6) is 0 Å². The molecule has 0 bridgehead atoms. The predicted octanol–water partition coefficient (Wildman–Crippen LogP) is -0.585. The Balaban J connectivity index is 2.49. The van der Waals surface area contributed by atoms with Crippen molar-refractivity contribution in [2.45, 2.75) is 65.2 Å². The van der Waals surface area contributed by atoms with Crippen LogP contribution in [0.15, 0.2) is 6.20 Å². The molecular formula is C17H24N4O8. The molecule has 2 rings (SSSR count). The zero-order valence-electron chi connectivity index (χ0n) is 16.8. The number of esters is 3. The molecule has 12 heteroatoms. The highest BCUT2D eigenvalue weighted by Crippen LogP contribution is 2.32. The second-order valence-electron chi connectivity index (χ2n) is 6.58. The summed E-state index contributed by atoms with van der Waals surface area (Å²) in [6.45, 7) is 6.28. The van der Waals surface area contributed by atoms with Crippen molar-refractivity contribution < 1.29 is 38.1 Å². The highest BCUT2D eigenvalue weighted by Gasteiger charge is 2.51. The van der Waals surface area contributed by atoms with Crippen LogP contribution in [0.1, 0.15) is 39.6 Å². The van der Waals surface area contributed by atoms with E-state index >= 15 is 0 Å². The maximum Gasteiger partial charge on any atom is 0.303 e. The summed E-state index contributed by atoms with van der Waals surface area (Å²) in [5, 5.41) is 10.5. The molecule has 1 aromatic rings. The van der Waals surface area contributed by atoms with Crippen molar-refractivity contribution in [2.75, 3.05) is 6.61 Å². The van der Waals surface area contributed by atoms with Crippen molar-refractivity contribution in [1.82, 2.24) is 20.3 Å². The van der Waals surface area contributed by atoms with Gasteiger partial charge >= 0.3 is 17.9 Å². The van der Waals surface area contributed by atoms with Gasteiger partial charge in [-0.1, -0.05) is 5.21 Å². The molecule has 1 aromatic heterocycles. The van der Waals surface area contributed by atoms with E-state index in [1.165, 1.54) is 32.4 Å². The minimum Gasteiger partial charge on any atom is -0.463 e. The summed E-state index contributed by atoms with van der Waals surface area (Å²) in [5.74, 6) is -2.33. The molecule has 0 spiro atoms. The summed E-state index contributed by atoms with van der Waals surface area (Å²) in [5.41, 5.74) is 0.581. The number of rotatable bonds is 6. The molecule has 1 N–H and O–H groups in total. The number of carbonyl (C=O) groups is 4. The van der Waals surface area contributed by atoms with Gasteiger partial charge in [-0.25, -0.2) is 4.68 Å². The van der Waals surface area contributed by atoms with Crippen LogP contribution in [0.3, 0.4) is 0 Å². The monoisotopic (exact) mass is 412 g/mol. The Kier molecular flexibility index (Phi) is 7.26. The van der Waals surface area contributed by atoms with E-state index < -0.39 is 54.4 Å². The predicted molar refractivity (Wildman–Crippen MR) is 94.0 cm³/mol. The molecule has 0 radical (unpaired) electrons. The topological polar surface area (TPSA) is 148 Å². The molecule has 1 fully saturated rings. The van der Waals surface area contributed by atoms with Crippen LogP contribution in [0.2, 0.25) is 0 Å². The lowest BCUT2D eigenvalue weighted by Crippen LogP contribution is -2.64. The molecule has 0 aromatic carbocycles. The minimum atomic E-state index is -1.14. The van der Waals surface area contributed by atoms with Gasteiger partial charge in [0.15, 0.2) is 18.4 Å². The van der Waals surface area contributed by atoms with E-state index in [1.807, 2.05) is 0 Å². The SMILES string of the molecule is CC(=O)NC1C(OC(C)=O)C(OC(C)=O)C(COC(C)=O)OC1n1cc(C)nn1. The second kappa shape index (κ2) is 9.45. The van der Waals surface area contributed by atoms with Crippen LogP contribution in [0, 0.1) is 6.92 Å². The molecule has 29 heavy (non-hydrogen) atoms. The lowest BCUT2D eigenvalue weighted by atomic mass is 9.95. The molecule has 5 atom stereocenters. The first-order valence-electron chi connectivity index (χ1n) is 8.87. The lowest BCUT2D eigenvalue weighted by Gasteiger charge is -2.45. The van der Waals surface area contributed by atoms with Gasteiger partial charge in [0.25, 0.3) is 0 Å². The van der Waals surface area contributed by atoms with E-state index in [9.17, 15) is 19.2 Å². The second-order valence-corrected chi connectivity index (χ2v) is 6.58. The molecule has 1 aliphatic heterocycles. The maximum absolute atomic E-state index is 11.8. The average Bonchev–Trinajstić information content (AvgIpc) is 3.01. The summed E-state index contributed by atoms with van der Waals surface area (Å²) < 4.78 is 23.1. The molecule has 0 aliphatic carbocycles. The molecule has 5 unspecified atom stereocenters. The molecule has 2 heterocycles. The number of aromatic nitrogens is 3. The third kappa shape index (κ3) is 5.98. The molecule has 0 saturated carbocycles. The number of nitrogens with zero attached hydrogens (tertiary/aromatic N) is 3.